The Morgan fingerprint density at radius 2 is 2.08 bits per heavy atom. The van der Waals surface area contributed by atoms with Crippen LogP contribution in [0.15, 0.2) is 13.2 Å². The van der Waals surface area contributed by atoms with Crippen molar-refractivity contribution in [2.24, 2.45) is 5.92 Å². The number of likely N-dealkylation sites (tertiary alicyclic amines) is 1. The molecule has 2 atom stereocenters. The van der Waals surface area contributed by atoms with E-state index in [0.29, 0.717) is 6.54 Å². The molecule has 0 aromatic heterocycles. The van der Waals surface area contributed by atoms with Crippen LogP contribution in [0, 0.1) is 5.92 Å². The molecule has 0 bridgehead atoms. The Balaban J connectivity index is 0.000000561. The standard InChI is InChI=1S/C8H16FN.C2H4/c1-3-10-5-4-7(2)8(9)6-10;1-2/h7-8H,3-6H2,1-2H3;1-2H2/t7?,8-;/m0./s1. The number of alkyl halides is 1. The van der Waals surface area contributed by atoms with E-state index in [1.165, 1.54) is 0 Å². The molecule has 0 radical (unpaired) electrons. The van der Waals surface area contributed by atoms with Gasteiger partial charge in [0.2, 0.25) is 0 Å². The molecule has 0 aromatic rings. The number of rotatable bonds is 1. The third kappa shape index (κ3) is 3.35. The van der Waals surface area contributed by atoms with Crippen LogP contribution < -0.4 is 0 Å². The van der Waals surface area contributed by atoms with Crippen molar-refractivity contribution in [2.75, 3.05) is 19.6 Å². The lowest BCUT2D eigenvalue weighted by molar-refractivity contribution is 0.0975. The largest absolute Gasteiger partial charge is 0.301 e. The zero-order valence-electron chi connectivity index (χ0n) is 8.22. The molecule has 1 saturated heterocycles. The van der Waals surface area contributed by atoms with Gasteiger partial charge in [0, 0.05) is 6.54 Å². The van der Waals surface area contributed by atoms with Crippen LogP contribution in [0.2, 0.25) is 0 Å². The average Bonchev–Trinajstić information content (AvgIpc) is 2.13. The molecular formula is C10H20FN. The molecule has 0 aromatic carbocycles. The van der Waals surface area contributed by atoms with Crippen molar-refractivity contribution in [1.29, 1.82) is 0 Å². The van der Waals surface area contributed by atoms with E-state index in [9.17, 15) is 4.39 Å². The van der Waals surface area contributed by atoms with Crippen LogP contribution in [0.25, 0.3) is 0 Å². The van der Waals surface area contributed by atoms with Crippen LogP contribution in [0.4, 0.5) is 4.39 Å². The number of hydrogen-bond donors (Lipinski definition) is 0. The zero-order chi connectivity index (χ0) is 9.56. The van der Waals surface area contributed by atoms with Crippen LogP contribution in [-0.2, 0) is 0 Å². The smallest absolute Gasteiger partial charge is 0.115 e. The highest BCUT2D eigenvalue weighted by atomic mass is 19.1. The van der Waals surface area contributed by atoms with Gasteiger partial charge in [0.1, 0.15) is 6.17 Å². The summed E-state index contributed by atoms with van der Waals surface area (Å²) in [5, 5.41) is 0. The van der Waals surface area contributed by atoms with Gasteiger partial charge in [-0.15, -0.1) is 13.2 Å². The molecule has 1 rings (SSSR count). The molecule has 1 aliphatic heterocycles. The van der Waals surface area contributed by atoms with E-state index < -0.39 is 6.17 Å². The molecule has 2 heteroatoms. The molecular weight excluding hydrogens is 153 g/mol. The fourth-order valence-electron chi connectivity index (χ4n) is 1.37. The number of halogens is 1. The second kappa shape index (κ2) is 6.18. The van der Waals surface area contributed by atoms with Crippen LogP contribution in [0.3, 0.4) is 0 Å². The van der Waals surface area contributed by atoms with E-state index in [0.717, 1.165) is 19.5 Å². The Morgan fingerprint density at radius 3 is 2.50 bits per heavy atom. The van der Waals surface area contributed by atoms with Gasteiger partial charge in [-0.3, -0.25) is 0 Å². The predicted octanol–water partition coefficient (Wildman–Crippen LogP) is 2.49. The summed E-state index contributed by atoms with van der Waals surface area (Å²) in [7, 11) is 0. The Morgan fingerprint density at radius 1 is 1.50 bits per heavy atom. The molecule has 0 amide bonds. The summed E-state index contributed by atoms with van der Waals surface area (Å²) in [6.45, 7) is 12.8. The van der Waals surface area contributed by atoms with Crippen LogP contribution in [-0.4, -0.2) is 30.7 Å². The van der Waals surface area contributed by atoms with Crippen molar-refractivity contribution >= 4 is 0 Å². The fraction of sp³-hybridized carbons (Fsp3) is 0.800. The molecule has 1 aliphatic rings. The Labute approximate surface area is 75.3 Å². The molecule has 1 heterocycles. The van der Waals surface area contributed by atoms with Crippen LogP contribution in [0.1, 0.15) is 20.3 Å². The van der Waals surface area contributed by atoms with Crippen molar-refractivity contribution < 1.29 is 4.39 Å². The number of piperidine rings is 1. The Bertz CT molecular complexity index is 116. The average molecular weight is 173 g/mol. The summed E-state index contributed by atoms with van der Waals surface area (Å²) < 4.78 is 13.0. The van der Waals surface area contributed by atoms with Gasteiger partial charge in [-0.2, -0.15) is 0 Å². The first-order valence-corrected chi connectivity index (χ1v) is 4.60. The van der Waals surface area contributed by atoms with E-state index in [4.69, 9.17) is 0 Å². The first-order valence-electron chi connectivity index (χ1n) is 4.60. The summed E-state index contributed by atoms with van der Waals surface area (Å²) in [5.74, 6) is 0.280. The lowest BCUT2D eigenvalue weighted by Gasteiger charge is -2.31. The molecule has 0 aliphatic carbocycles. The van der Waals surface area contributed by atoms with E-state index in [1.807, 2.05) is 6.92 Å². The lowest BCUT2D eigenvalue weighted by Crippen LogP contribution is -2.40. The Kier molecular flexibility index (Phi) is 5.99. The third-order valence-electron chi connectivity index (χ3n) is 2.40. The van der Waals surface area contributed by atoms with Crippen LogP contribution >= 0.6 is 0 Å². The van der Waals surface area contributed by atoms with E-state index in [-0.39, 0.29) is 5.92 Å². The van der Waals surface area contributed by atoms with Gasteiger partial charge in [-0.25, -0.2) is 4.39 Å². The summed E-state index contributed by atoms with van der Waals surface area (Å²) >= 11 is 0. The van der Waals surface area contributed by atoms with Gasteiger partial charge < -0.3 is 4.90 Å². The monoisotopic (exact) mass is 173 g/mol. The molecule has 0 N–H and O–H groups in total. The number of nitrogens with zero attached hydrogens (tertiary/aromatic N) is 1. The van der Waals surface area contributed by atoms with Gasteiger partial charge in [0.25, 0.3) is 0 Å². The SMILES string of the molecule is C=C.CCN1CCC(C)[C@@H](F)C1. The van der Waals surface area contributed by atoms with Gasteiger partial charge >= 0.3 is 0 Å². The third-order valence-corrected chi connectivity index (χ3v) is 2.40. The molecule has 0 spiro atoms. The van der Waals surface area contributed by atoms with E-state index >= 15 is 0 Å². The summed E-state index contributed by atoms with van der Waals surface area (Å²) in [6, 6.07) is 0. The highest BCUT2D eigenvalue weighted by molar-refractivity contribution is 4.76. The van der Waals surface area contributed by atoms with E-state index in [2.05, 4.69) is 25.0 Å². The maximum atomic E-state index is 13.0. The predicted molar refractivity (Wildman–Crippen MR) is 52.0 cm³/mol. The molecule has 0 saturated carbocycles. The minimum Gasteiger partial charge on any atom is -0.301 e. The van der Waals surface area contributed by atoms with Gasteiger partial charge in [-0.05, 0) is 25.4 Å². The van der Waals surface area contributed by atoms with Crippen molar-refractivity contribution in [3.05, 3.63) is 13.2 Å². The maximum absolute atomic E-state index is 13.0. The highest BCUT2D eigenvalue weighted by Gasteiger charge is 2.24. The van der Waals surface area contributed by atoms with Gasteiger partial charge in [0.05, 0.1) is 0 Å². The normalized spacial score (nSPS) is 30.6. The van der Waals surface area contributed by atoms with Crippen molar-refractivity contribution in [1.82, 2.24) is 4.90 Å². The quantitative estimate of drug-likeness (QED) is 0.551. The molecule has 72 valence electrons. The molecule has 1 nitrogen and oxygen atoms in total. The van der Waals surface area contributed by atoms with Gasteiger partial charge in [0.15, 0.2) is 0 Å². The molecule has 12 heavy (non-hydrogen) atoms. The molecule has 1 unspecified atom stereocenters. The van der Waals surface area contributed by atoms with E-state index in [1.54, 1.807) is 0 Å². The minimum absolute atomic E-state index is 0.280. The first kappa shape index (κ1) is 11.6. The number of hydrogen-bond acceptors (Lipinski definition) is 1. The Hall–Kier alpha value is -0.370. The topological polar surface area (TPSA) is 3.24 Å². The summed E-state index contributed by atoms with van der Waals surface area (Å²) in [5.41, 5.74) is 0. The van der Waals surface area contributed by atoms with Crippen molar-refractivity contribution in [3.8, 4) is 0 Å². The van der Waals surface area contributed by atoms with Crippen molar-refractivity contribution in [2.45, 2.75) is 26.4 Å². The summed E-state index contributed by atoms with van der Waals surface area (Å²) in [6.07, 6.45) is 0.434. The zero-order valence-corrected chi connectivity index (χ0v) is 8.22. The maximum Gasteiger partial charge on any atom is 0.115 e. The van der Waals surface area contributed by atoms with Crippen molar-refractivity contribution in [3.63, 3.8) is 0 Å². The fourth-order valence-corrected chi connectivity index (χ4v) is 1.37. The van der Waals surface area contributed by atoms with Crippen LogP contribution in [0.5, 0.6) is 0 Å². The second-order valence-corrected chi connectivity index (χ2v) is 3.18. The lowest BCUT2D eigenvalue weighted by atomic mass is 9.97. The second-order valence-electron chi connectivity index (χ2n) is 3.18. The first-order chi connectivity index (χ1) is 5.74. The minimum atomic E-state index is -0.589. The summed E-state index contributed by atoms with van der Waals surface area (Å²) in [4.78, 5) is 2.17. The molecule has 1 fully saturated rings. The van der Waals surface area contributed by atoms with Gasteiger partial charge in [-0.1, -0.05) is 13.8 Å². The highest BCUT2D eigenvalue weighted by Crippen LogP contribution is 2.18.